The normalized spacial score (nSPS) is 34.3. The zero-order chi connectivity index (χ0) is 13.1. The number of hydrogen-bond acceptors (Lipinski definition) is 3. The first-order chi connectivity index (χ1) is 8.69. The Labute approximate surface area is 110 Å². The Balaban J connectivity index is 2.08. The van der Waals surface area contributed by atoms with Crippen LogP contribution in [0.25, 0.3) is 0 Å². The highest BCUT2D eigenvalue weighted by atomic mass is 16.5. The molecule has 0 aromatic heterocycles. The quantitative estimate of drug-likeness (QED) is 0.814. The summed E-state index contributed by atoms with van der Waals surface area (Å²) in [6.45, 7) is 7.22. The lowest BCUT2D eigenvalue weighted by Gasteiger charge is -2.33. The first-order valence-electron chi connectivity index (χ1n) is 7.38. The fourth-order valence-electron chi connectivity index (χ4n) is 3.15. The molecule has 4 unspecified atom stereocenters. The van der Waals surface area contributed by atoms with Crippen molar-refractivity contribution >= 4 is 5.91 Å². The zero-order valence-electron chi connectivity index (χ0n) is 11.8. The van der Waals surface area contributed by atoms with Crippen molar-refractivity contribution < 1.29 is 9.53 Å². The van der Waals surface area contributed by atoms with E-state index in [1.165, 1.54) is 0 Å². The summed E-state index contributed by atoms with van der Waals surface area (Å²) in [4.78, 5) is 14.5. The van der Waals surface area contributed by atoms with E-state index >= 15 is 0 Å². The van der Waals surface area contributed by atoms with Gasteiger partial charge in [-0.25, -0.2) is 0 Å². The van der Waals surface area contributed by atoms with E-state index in [1.807, 2.05) is 4.90 Å². The maximum absolute atomic E-state index is 12.4. The molecule has 2 heterocycles. The predicted molar refractivity (Wildman–Crippen MR) is 71.2 cm³/mol. The van der Waals surface area contributed by atoms with Crippen molar-refractivity contribution in [3.05, 3.63) is 0 Å². The van der Waals surface area contributed by atoms with Gasteiger partial charge in [0.05, 0.1) is 24.4 Å². The summed E-state index contributed by atoms with van der Waals surface area (Å²) < 4.78 is 5.75. The average Bonchev–Trinajstić information content (AvgIpc) is 2.97. The van der Waals surface area contributed by atoms with Crippen molar-refractivity contribution in [2.45, 2.75) is 77.2 Å². The van der Waals surface area contributed by atoms with Crippen molar-refractivity contribution in [1.82, 2.24) is 10.2 Å². The number of nitrogens with one attached hydrogen (secondary N) is 1. The first kappa shape index (κ1) is 13.8. The summed E-state index contributed by atoms with van der Waals surface area (Å²) >= 11 is 0. The Morgan fingerprint density at radius 2 is 2.28 bits per heavy atom. The Kier molecular flexibility index (Phi) is 4.62. The molecular weight excluding hydrogens is 228 g/mol. The van der Waals surface area contributed by atoms with Gasteiger partial charge in [-0.3, -0.25) is 10.1 Å². The Bertz CT molecular complexity index is 290. The third-order valence-corrected chi connectivity index (χ3v) is 4.19. The van der Waals surface area contributed by atoms with E-state index in [2.05, 4.69) is 26.1 Å². The fourth-order valence-corrected chi connectivity index (χ4v) is 3.15. The molecule has 18 heavy (non-hydrogen) atoms. The van der Waals surface area contributed by atoms with Gasteiger partial charge in [0.2, 0.25) is 5.91 Å². The van der Waals surface area contributed by atoms with E-state index in [0.29, 0.717) is 0 Å². The molecule has 104 valence electrons. The molecular formula is C14H26N2O2. The zero-order valence-corrected chi connectivity index (χ0v) is 11.8. The number of carbonyl (C=O) groups excluding carboxylic acids is 1. The van der Waals surface area contributed by atoms with Gasteiger partial charge >= 0.3 is 0 Å². The van der Waals surface area contributed by atoms with Crippen molar-refractivity contribution in [2.24, 2.45) is 0 Å². The van der Waals surface area contributed by atoms with Gasteiger partial charge in [0, 0.05) is 6.61 Å². The highest BCUT2D eigenvalue weighted by molar-refractivity contribution is 5.84. The number of ether oxygens (including phenoxy) is 1. The minimum absolute atomic E-state index is 0.00500. The summed E-state index contributed by atoms with van der Waals surface area (Å²) in [5.74, 6) is 0.263. The third kappa shape index (κ3) is 2.54. The minimum Gasteiger partial charge on any atom is -0.376 e. The van der Waals surface area contributed by atoms with Crippen LogP contribution in [0, 0.1) is 0 Å². The van der Waals surface area contributed by atoms with Crippen LogP contribution >= 0.6 is 0 Å². The highest BCUT2D eigenvalue weighted by Crippen LogP contribution is 2.26. The van der Waals surface area contributed by atoms with Crippen LogP contribution in [0.2, 0.25) is 0 Å². The first-order valence-corrected chi connectivity index (χ1v) is 7.38. The maximum atomic E-state index is 12.4. The summed E-state index contributed by atoms with van der Waals surface area (Å²) in [7, 11) is 0. The van der Waals surface area contributed by atoms with Crippen LogP contribution < -0.4 is 5.32 Å². The molecule has 1 N–H and O–H groups in total. The summed E-state index contributed by atoms with van der Waals surface area (Å²) in [5.41, 5.74) is 0. The number of amides is 1. The average molecular weight is 254 g/mol. The second-order valence-electron chi connectivity index (χ2n) is 5.47. The van der Waals surface area contributed by atoms with Crippen molar-refractivity contribution in [3.8, 4) is 0 Å². The van der Waals surface area contributed by atoms with Crippen molar-refractivity contribution in [3.63, 3.8) is 0 Å². The predicted octanol–water partition coefficient (Wildman–Crippen LogP) is 1.89. The van der Waals surface area contributed by atoms with Gasteiger partial charge in [0.15, 0.2) is 0 Å². The van der Waals surface area contributed by atoms with Gasteiger partial charge in [0.25, 0.3) is 0 Å². The molecule has 4 nitrogen and oxygen atoms in total. The fraction of sp³-hybridized carbons (Fsp3) is 0.929. The van der Waals surface area contributed by atoms with Crippen LogP contribution in [0.3, 0.4) is 0 Å². The molecule has 2 aliphatic rings. The van der Waals surface area contributed by atoms with Crippen LogP contribution in [0.4, 0.5) is 0 Å². The molecule has 1 amide bonds. The van der Waals surface area contributed by atoms with Crippen LogP contribution in [0.15, 0.2) is 0 Å². The third-order valence-electron chi connectivity index (χ3n) is 4.19. The lowest BCUT2D eigenvalue weighted by atomic mass is 10.1. The van der Waals surface area contributed by atoms with E-state index in [1.54, 1.807) is 0 Å². The van der Waals surface area contributed by atoms with Gasteiger partial charge in [-0.05, 0) is 32.6 Å². The molecule has 4 atom stereocenters. The molecule has 0 saturated carbocycles. The molecule has 2 saturated heterocycles. The lowest BCUT2D eigenvalue weighted by molar-refractivity contribution is -0.134. The topological polar surface area (TPSA) is 41.6 Å². The molecule has 0 bridgehead atoms. The smallest absolute Gasteiger partial charge is 0.241 e. The highest BCUT2D eigenvalue weighted by Gasteiger charge is 2.42. The van der Waals surface area contributed by atoms with Crippen LogP contribution in [-0.2, 0) is 9.53 Å². The Morgan fingerprint density at radius 1 is 1.50 bits per heavy atom. The summed E-state index contributed by atoms with van der Waals surface area (Å²) in [6.07, 6.45) is 5.63. The van der Waals surface area contributed by atoms with E-state index in [4.69, 9.17) is 4.74 Å². The number of rotatable bonds is 5. The standard InChI is InChI=1S/C14H26N2O2/c1-4-7-13-15-11(5-2)14(17)16(13)10(3)12-8-6-9-18-12/h10-13,15H,4-9H2,1-3H3. The minimum atomic E-state index is 0.00500. The molecule has 0 aliphatic carbocycles. The van der Waals surface area contributed by atoms with Gasteiger partial charge in [0.1, 0.15) is 0 Å². The molecule has 0 spiro atoms. The van der Waals surface area contributed by atoms with E-state index in [0.717, 1.165) is 38.7 Å². The molecule has 0 aromatic rings. The van der Waals surface area contributed by atoms with Gasteiger partial charge in [-0.1, -0.05) is 20.3 Å². The van der Waals surface area contributed by atoms with E-state index in [-0.39, 0.29) is 30.3 Å². The SMILES string of the molecule is CCCC1NC(CC)C(=O)N1C(C)C1CCCO1. The van der Waals surface area contributed by atoms with Crippen LogP contribution in [0.5, 0.6) is 0 Å². The van der Waals surface area contributed by atoms with Crippen molar-refractivity contribution in [1.29, 1.82) is 0 Å². The van der Waals surface area contributed by atoms with Crippen LogP contribution in [-0.4, -0.2) is 41.8 Å². The maximum Gasteiger partial charge on any atom is 0.241 e. The number of carbonyl (C=O) groups is 1. The molecule has 2 aliphatic heterocycles. The molecule has 4 heteroatoms. The lowest BCUT2D eigenvalue weighted by Crippen LogP contribution is -2.48. The largest absolute Gasteiger partial charge is 0.376 e. The molecule has 2 rings (SSSR count). The second-order valence-corrected chi connectivity index (χ2v) is 5.47. The monoisotopic (exact) mass is 254 g/mol. The van der Waals surface area contributed by atoms with Gasteiger partial charge in [-0.2, -0.15) is 0 Å². The summed E-state index contributed by atoms with van der Waals surface area (Å²) in [5, 5.41) is 3.47. The number of nitrogens with zero attached hydrogens (tertiary/aromatic N) is 1. The van der Waals surface area contributed by atoms with Gasteiger partial charge < -0.3 is 9.64 Å². The van der Waals surface area contributed by atoms with E-state index < -0.39 is 0 Å². The number of hydrogen-bond donors (Lipinski definition) is 1. The van der Waals surface area contributed by atoms with Crippen LogP contribution in [0.1, 0.15) is 52.9 Å². The molecule has 2 fully saturated rings. The molecule has 0 radical (unpaired) electrons. The Morgan fingerprint density at radius 3 is 2.83 bits per heavy atom. The Hall–Kier alpha value is -0.610. The van der Waals surface area contributed by atoms with Gasteiger partial charge in [-0.15, -0.1) is 0 Å². The van der Waals surface area contributed by atoms with E-state index in [9.17, 15) is 4.79 Å². The molecule has 0 aromatic carbocycles. The summed E-state index contributed by atoms with van der Waals surface area (Å²) in [6, 6.07) is 0.200. The second kappa shape index (κ2) is 6.02. The van der Waals surface area contributed by atoms with Crippen molar-refractivity contribution in [2.75, 3.05) is 6.61 Å².